The second-order valence-corrected chi connectivity index (χ2v) is 4.70. The van der Waals surface area contributed by atoms with Crippen molar-refractivity contribution in [2.75, 3.05) is 5.73 Å². The summed E-state index contributed by atoms with van der Waals surface area (Å²) in [4.78, 5) is 16.2. The third-order valence-electron chi connectivity index (χ3n) is 2.71. The van der Waals surface area contributed by atoms with Crippen LogP contribution in [-0.2, 0) is 6.54 Å². The number of nitrogens with two attached hydrogens (primary N) is 1. The minimum atomic E-state index is 0.343. The molecule has 1 aromatic heterocycles. The van der Waals surface area contributed by atoms with Crippen molar-refractivity contribution in [2.45, 2.75) is 6.54 Å². The minimum absolute atomic E-state index is 0.343. The highest BCUT2D eigenvalue weighted by Crippen LogP contribution is 2.27. The zero-order valence-corrected chi connectivity index (χ0v) is 11.1. The lowest BCUT2D eigenvalue weighted by molar-refractivity contribution is 0.762. The number of nitrogens with zero attached hydrogens (tertiary/aromatic N) is 5. The van der Waals surface area contributed by atoms with Gasteiger partial charge >= 0.3 is 0 Å². The van der Waals surface area contributed by atoms with Gasteiger partial charge in [-0.15, -0.1) is 0 Å². The molecule has 2 N–H and O–H groups in total. The van der Waals surface area contributed by atoms with E-state index in [0.717, 1.165) is 5.56 Å². The van der Waals surface area contributed by atoms with Gasteiger partial charge in [0.1, 0.15) is 12.0 Å². The lowest BCUT2D eigenvalue weighted by Crippen LogP contribution is -2.10. The van der Waals surface area contributed by atoms with Gasteiger partial charge in [-0.1, -0.05) is 23.2 Å². The van der Waals surface area contributed by atoms with Crippen molar-refractivity contribution in [3.05, 3.63) is 40.7 Å². The molecule has 0 saturated heterocycles. The predicted octanol–water partition coefficient (Wildman–Crippen LogP) is 2.11. The standard InChI is InChI=1S/C11H8Cl2N6/c12-7-1-15-2-8(13)6(7)3-19-5-18-10(14)9-11(19)17-4-16-9/h1-2,4-5H,3,14H2. The number of aromatic nitrogens is 5. The Balaban J connectivity index is 2.07. The van der Waals surface area contributed by atoms with Gasteiger partial charge in [-0.05, 0) is 0 Å². The minimum Gasteiger partial charge on any atom is -0.382 e. The zero-order valence-electron chi connectivity index (χ0n) is 9.59. The van der Waals surface area contributed by atoms with Crippen LogP contribution in [0.4, 0.5) is 5.82 Å². The van der Waals surface area contributed by atoms with Crippen LogP contribution in [-0.4, -0.2) is 24.5 Å². The van der Waals surface area contributed by atoms with E-state index in [1.165, 1.54) is 6.33 Å². The van der Waals surface area contributed by atoms with Gasteiger partial charge in [-0.2, -0.15) is 0 Å². The number of imidazole rings is 1. The normalized spacial score (nSPS) is 11.1. The molecule has 0 aliphatic carbocycles. The summed E-state index contributed by atoms with van der Waals surface area (Å²) in [5, 5.41) is 0.981. The fourth-order valence-electron chi connectivity index (χ4n) is 1.77. The summed E-state index contributed by atoms with van der Waals surface area (Å²) in [6.07, 6.45) is 6.11. The number of fused-ring (bicyclic) bond motifs is 1. The summed E-state index contributed by atoms with van der Waals surface area (Å²) in [6.45, 7) is 0.419. The highest BCUT2D eigenvalue weighted by molar-refractivity contribution is 6.35. The summed E-state index contributed by atoms with van der Waals surface area (Å²) in [5.74, 6) is 0.979. The maximum Gasteiger partial charge on any atom is 0.165 e. The first-order valence-corrected chi connectivity index (χ1v) is 6.11. The quantitative estimate of drug-likeness (QED) is 0.783. The fourth-order valence-corrected chi connectivity index (χ4v) is 2.26. The van der Waals surface area contributed by atoms with E-state index in [9.17, 15) is 0 Å². The van der Waals surface area contributed by atoms with Crippen LogP contribution in [0.1, 0.15) is 5.56 Å². The van der Waals surface area contributed by atoms with Gasteiger partial charge in [-0.3, -0.25) is 4.98 Å². The Morgan fingerprint density at radius 2 is 1.84 bits per heavy atom. The Hall–Kier alpha value is -1.92. The summed E-state index contributed by atoms with van der Waals surface area (Å²) in [6, 6.07) is 0. The van der Waals surface area contributed by atoms with Crippen LogP contribution in [0.5, 0.6) is 0 Å². The Morgan fingerprint density at radius 1 is 1.11 bits per heavy atom. The summed E-state index contributed by atoms with van der Waals surface area (Å²) in [5.41, 5.74) is 7.04. The van der Waals surface area contributed by atoms with Crippen LogP contribution in [0.3, 0.4) is 0 Å². The molecular formula is C11H8Cl2N6. The molecule has 0 atom stereocenters. The second-order valence-electron chi connectivity index (χ2n) is 3.89. The third kappa shape index (κ3) is 2.09. The fraction of sp³-hybridized carbons (Fsp3) is 0.0909. The Kier molecular flexibility index (Phi) is 2.96. The van der Waals surface area contributed by atoms with Gasteiger partial charge in [0.2, 0.25) is 0 Å². The van der Waals surface area contributed by atoms with Gasteiger partial charge in [0.25, 0.3) is 0 Å². The molecule has 0 radical (unpaired) electrons. The van der Waals surface area contributed by atoms with Crippen molar-refractivity contribution in [3.63, 3.8) is 0 Å². The molecule has 0 unspecified atom stereocenters. The molecule has 0 amide bonds. The molecular weight excluding hydrogens is 287 g/mol. The topological polar surface area (TPSA) is 82.5 Å². The van der Waals surface area contributed by atoms with Gasteiger partial charge in [0.15, 0.2) is 11.6 Å². The number of nitrogen functional groups attached to an aromatic ring is 1. The number of rotatable bonds is 2. The molecule has 0 saturated carbocycles. The van der Waals surface area contributed by atoms with Gasteiger partial charge in [0, 0.05) is 18.0 Å². The van der Waals surface area contributed by atoms with Crippen molar-refractivity contribution in [2.24, 2.45) is 0 Å². The summed E-state index contributed by atoms with van der Waals surface area (Å²) < 4.78 is 1.78. The molecule has 0 aromatic carbocycles. The number of pyridine rings is 1. The van der Waals surface area contributed by atoms with E-state index in [0.29, 0.717) is 33.9 Å². The summed E-state index contributed by atoms with van der Waals surface area (Å²) in [7, 11) is 0. The molecule has 19 heavy (non-hydrogen) atoms. The molecule has 3 heterocycles. The number of anilines is 1. The third-order valence-corrected chi connectivity index (χ3v) is 3.36. The van der Waals surface area contributed by atoms with E-state index in [1.54, 1.807) is 23.3 Å². The molecule has 8 heteroatoms. The first-order valence-electron chi connectivity index (χ1n) is 5.36. The molecule has 0 spiro atoms. The van der Waals surface area contributed by atoms with Crippen LogP contribution in [0, 0.1) is 0 Å². The van der Waals surface area contributed by atoms with Crippen LogP contribution in [0.2, 0.25) is 10.0 Å². The van der Waals surface area contributed by atoms with Crippen LogP contribution >= 0.6 is 23.2 Å². The Morgan fingerprint density at radius 3 is 2.58 bits per heavy atom. The Bertz CT molecular complexity index is 690. The van der Waals surface area contributed by atoms with E-state index < -0.39 is 0 Å². The molecule has 1 aromatic rings. The molecule has 2 aliphatic rings. The molecule has 2 aliphatic heterocycles. The zero-order chi connectivity index (χ0) is 13.4. The van der Waals surface area contributed by atoms with E-state index in [1.807, 2.05) is 0 Å². The van der Waals surface area contributed by atoms with E-state index in [4.69, 9.17) is 28.9 Å². The number of hydrogen-bond acceptors (Lipinski definition) is 5. The van der Waals surface area contributed by atoms with Crippen LogP contribution in [0.15, 0.2) is 25.0 Å². The van der Waals surface area contributed by atoms with Crippen LogP contribution in [0.25, 0.3) is 11.5 Å². The molecule has 3 rings (SSSR count). The highest BCUT2D eigenvalue weighted by atomic mass is 35.5. The first kappa shape index (κ1) is 12.1. The van der Waals surface area contributed by atoms with Crippen molar-refractivity contribution >= 4 is 29.0 Å². The SMILES string of the molecule is Nc1ncn(Cc2c(Cl)cncc2Cl)c2ncnc1-2. The maximum atomic E-state index is 6.09. The highest BCUT2D eigenvalue weighted by Gasteiger charge is 2.16. The number of halogens is 2. The van der Waals surface area contributed by atoms with Gasteiger partial charge in [-0.25, -0.2) is 15.0 Å². The molecule has 6 nitrogen and oxygen atoms in total. The van der Waals surface area contributed by atoms with Gasteiger partial charge < -0.3 is 10.3 Å². The first-order chi connectivity index (χ1) is 9.16. The molecule has 0 bridgehead atoms. The lowest BCUT2D eigenvalue weighted by atomic mass is 10.2. The van der Waals surface area contributed by atoms with Crippen molar-refractivity contribution in [3.8, 4) is 11.5 Å². The smallest absolute Gasteiger partial charge is 0.165 e. The summed E-state index contributed by atoms with van der Waals surface area (Å²) >= 11 is 12.2. The van der Waals surface area contributed by atoms with Crippen LogP contribution < -0.4 is 5.73 Å². The monoisotopic (exact) mass is 294 g/mol. The van der Waals surface area contributed by atoms with Crippen molar-refractivity contribution < 1.29 is 0 Å². The number of hydrogen-bond donors (Lipinski definition) is 1. The predicted molar refractivity (Wildman–Crippen MR) is 72.2 cm³/mol. The largest absolute Gasteiger partial charge is 0.382 e. The van der Waals surface area contributed by atoms with E-state index in [2.05, 4.69) is 19.9 Å². The Labute approximate surface area is 118 Å². The molecule has 0 fully saturated rings. The average Bonchev–Trinajstić information content (AvgIpc) is 2.87. The van der Waals surface area contributed by atoms with Gasteiger partial charge in [0.05, 0.1) is 22.9 Å². The van der Waals surface area contributed by atoms with Crippen molar-refractivity contribution in [1.29, 1.82) is 0 Å². The average molecular weight is 295 g/mol. The second kappa shape index (κ2) is 4.64. The van der Waals surface area contributed by atoms with E-state index in [-0.39, 0.29) is 0 Å². The maximum absolute atomic E-state index is 6.09. The van der Waals surface area contributed by atoms with E-state index >= 15 is 0 Å². The van der Waals surface area contributed by atoms with Crippen molar-refractivity contribution in [1.82, 2.24) is 24.5 Å². The molecule has 96 valence electrons. The lowest BCUT2D eigenvalue weighted by Gasteiger charge is -2.13.